The minimum atomic E-state index is 0. The summed E-state index contributed by atoms with van der Waals surface area (Å²) in [6.45, 7) is 6.59. The molecule has 3 rings (SSSR count). The van der Waals surface area contributed by atoms with Gasteiger partial charge in [0.2, 0.25) is 5.91 Å². The van der Waals surface area contributed by atoms with E-state index < -0.39 is 0 Å². The van der Waals surface area contributed by atoms with Crippen LogP contribution in [-0.2, 0) is 11.8 Å². The first kappa shape index (κ1) is 23.1. The molecule has 2 aromatic heterocycles. The van der Waals surface area contributed by atoms with E-state index in [1.165, 1.54) is 6.33 Å². The summed E-state index contributed by atoms with van der Waals surface area (Å²) >= 11 is 0. The predicted octanol–water partition coefficient (Wildman–Crippen LogP) is 0.961. The van der Waals surface area contributed by atoms with Gasteiger partial charge in [-0.25, -0.2) is 9.97 Å². The standard InChI is InChI=1S/C18H29N9O.HI/c1-3-19-18(21-7-5-11-27-10-4-6-15(27)28)22-9-8-20-16-14-12-25-26(2)17(14)24-13-23-16;/h12-13H,3-11H2,1-2H3,(H2,19,21,22)(H,20,23,24);1H. The fourth-order valence-electron chi connectivity index (χ4n) is 3.20. The van der Waals surface area contributed by atoms with Gasteiger partial charge in [-0.1, -0.05) is 0 Å². The van der Waals surface area contributed by atoms with Crippen molar-refractivity contribution < 1.29 is 4.79 Å². The van der Waals surface area contributed by atoms with Crippen LogP contribution in [0.1, 0.15) is 26.2 Å². The van der Waals surface area contributed by atoms with Gasteiger partial charge in [-0.3, -0.25) is 14.5 Å². The summed E-state index contributed by atoms with van der Waals surface area (Å²) in [5.41, 5.74) is 0.803. The highest BCUT2D eigenvalue weighted by atomic mass is 127. The second-order valence-corrected chi connectivity index (χ2v) is 6.68. The third-order valence-corrected chi connectivity index (χ3v) is 4.61. The summed E-state index contributed by atoms with van der Waals surface area (Å²) in [4.78, 5) is 26.7. The zero-order chi connectivity index (χ0) is 19.8. The molecule has 0 aliphatic carbocycles. The topological polar surface area (TPSA) is 112 Å². The molecule has 0 atom stereocenters. The summed E-state index contributed by atoms with van der Waals surface area (Å²) < 4.78 is 1.73. The molecule has 1 amide bonds. The zero-order valence-electron chi connectivity index (χ0n) is 17.0. The van der Waals surface area contributed by atoms with Gasteiger partial charge in [0, 0.05) is 52.7 Å². The van der Waals surface area contributed by atoms with Gasteiger partial charge in [0.15, 0.2) is 11.6 Å². The lowest BCUT2D eigenvalue weighted by atomic mass is 10.4. The van der Waals surface area contributed by atoms with Crippen LogP contribution in [-0.4, -0.2) is 75.8 Å². The molecule has 0 saturated carbocycles. The fourth-order valence-corrected chi connectivity index (χ4v) is 3.20. The molecule has 11 heteroatoms. The second-order valence-electron chi connectivity index (χ2n) is 6.68. The number of aliphatic imine (C=N–C) groups is 1. The Hall–Kier alpha value is -2.18. The number of carbonyl (C=O) groups excluding carboxylic acids is 1. The van der Waals surface area contributed by atoms with Gasteiger partial charge in [0.05, 0.1) is 11.6 Å². The van der Waals surface area contributed by atoms with Crippen LogP contribution in [0.4, 0.5) is 5.82 Å². The lowest BCUT2D eigenvalue weighted by molar-refractivity contribution is -0.127. The molecule has 1 fully saturated rings. The monoisotopic (exact) mass is 515 g/mol. The molecule has 0 radical (unpaired) electrons. The van der Waals surface area contributed by atoms with Crippen molar-refractivity contribution in [3.05, 3.63) is 12.5 Å². The lowest BCUT2D eigenvalue weighted by Crippen LogP contribution is -2.39. The molecule has 3 N–H and O–H groups in total. The van der Waals surface area contributed by atoms with Crippen molar-refractivity contribution in [2.24, 2.45) is 12.0 Å². The first-order valence-electron chi connectivity index (χ1n) is 9.85. The summed E-state index contributed by atoms with van der Waals surface area (Å²) in [6, 6.07) is 0. The van der Waals surface area contributed by atoms with Crippen LogP contribution < -0.4 is 16.0 Å². The van der Waals surface area contributed by atoms with Crippen LogP contribution in [0.25, 0.3) is 11.0 Å². The zero-order valence-corrected chi connectivity index (χ0v) is 19.3. The first-order valence-corrected chi connectivity index (χ1v) is 9.85. The van der Waals surface area contributed by atoms with E-state index in [2.05, 4.69) is 36.0 Å². The number of hydrogen-bond donors (Lipinski definition) is 3. The van der Waals surface area contributed by atoms with Crippen LogP contribution in [0.2, 0.25) is 0 Å². The number of anilines is 1. The predicted molar refractivity (Wildman–Crippen MR) is 125 cm³/mol. The van der Waals surface area contributed by atoms with Gasteiger partial charge in [-0.05, 0) is 19.8 Å². The Morgan fingerprint density at radius 2 is 2.14 bits per heavy atom. The maximum absolute atomic E-state index is 11.6. The summed E-state index contributed by atoms with van der Waals surface area (Å²) in [7, 11) is 1.86. The molecule has 1 saturated heterocycles. The minimum Gasteiger partial charge on any atom is -0.368 e. The molecule has 29 heavy (non-hydrogen) atoms. The number of guanidine groups is 1. The third kappa shape index (κ3) is 6.41. The quantitative estimate of drug-likeness (QED) is 0.198. The highest BCUT2D eigenvalue weighted by Crippen LogP contribution is 2.17. The number of rotatable bonds is 9. The molecule has 1 aliphatic heterocycles. The molecular weight excluding hydrogens is 485 g/mol. The Balaban J connectivity index is 0.00000300. The van der Waals surface area contributed by atoms with Gasteiger partial charge in [-0.15, -0.1) is 24.0 Å². The van der Waals surface area contributed by atoms with E-state index in [0.29, 0.717) is 26.1 Å². The number of fused-ring (bicyclic) bond motifs is 1. The fraction of sp³-hybridized carbons (Fsp3) is 0.611. The highest BCUT2D eigenvalue weighted by molar-refractivity contribution is 14.0. The molecule has 160 valence electrons. The Labute approximate surface area is 188 Å². The van der Waals surface area contributed by atoms with E-state index in [1.807, 2.05) is 18.9 Å². The lowest BCUT2D eigenvalue weighted by Gasteiger charge is -2.15. The van der Waals surface area contributed by atoms with Gasteiger partial charge in [-0.2, -0.15) is 5.10 Å². The van der Waals surface area contributed by atoms with Gasteiger partial charge >= 0.3 is 0 Å². The van der Waals surface area contributed by atoms with E-state index >= 15 is 0 Å². The maximum Gasteiger partial charge on any atom is 0.222 e. The van der Waals surface area contributed by atoms with Crippen molar-refractivity contribution in [2.75, 3.05) is 44.6 Å². The Kier molecular flexibility index (Phi) is 9.35. The first-order chi connectivity index (χ1) is 13.7. The van der Waals surface area contributed by atoms with E-state index in [1.54, 1.807) is 10.9 Å². The summed E-state index contributed by atoms with van der Waals surface area (Å²) in [5, 5.41) is 15.0. The van der Waals surface area contributed by atoms with E-state index in [4.69, 9.17) is 0 Å². The van der Waals surface area contributed by atoms with Crippen molar-refractivity contribution in [1.82, 2.24) is 35.3 Å². The Bertz CT molecular complexity index is 823. The number of nitrogens with one attached hydrogen (secondary N) is 3. The third-order valence-electron chi connectivity index (χ3n) is 4.61. The van der Waals surface area contributed by atoms with Crippen LogP contribution in [0.15, 0.2) is 17.5 Å². The number of aryl methyl sites for hydroxylation is 1. The molecular formula is C18H30IN9O. The van der Waals surface area contributed by atoms with Gasteiger partial charge < -0.3 is 20.9 Å². The largest absolute Gasteiger partial charge is 0.368 e. The summed E-state index contributed by atoms with van der Waals surface area (Å²) in [5.74, 6) is 1.83. The minimum absolute atomic E-state index is 0. The number of carbonyl (C=O) groups is 1. The van der Waals surface area contributed by atoms with Crippen LogP contribution in [0.3, 0.4) is 0 Å². The molecule has 2 aromatic rings. The van der Waals surface area contributed by atoms with Crippen molar-refractivity contribution in [2.45, 2.75) is 26.2 Å². The summed E-state index contributed by atoms with van der Waals surface area (Å²) in [6.07, 6.45) is 5.85. The molecule has 1 aliphatic rings. The molecule has 0 aromatic carbocycles. The van der Waals surface area contributed by atoms with Crippen LogP contribution >= 0.6 is 24.0 Å². The average molecular weight is 515 g/mol. The number of nitrogens with zero attached hydrogens (tertiary/aromatic N) is 6. The molecule has 3 heterocycles. The normalized spacial score (nSPS) is 14.2. The average Bonchev–Trinajstić information content (AvgIpc) is 3.28. The smallest absolute Gasteiger partial charge is 0.222 e. The van der Waals surface area contributed by atoms with Crippen LogP contribution in [0, 0.1) is 0 Å². The number of aromatic nitrogens is 4. The van der Waals surface area contributed by atoms with Crippen molar-refractivity contribution >= 4 is 52.7 Å². The van der Waals surface area contributed by atoms with Crippen molar-refractivity contribution in [3.63, 3.8) is 0 Å². The molecule has 0 spiro atoms. The maximum atomic E-state index is 11.6. The number of likely N-dealkylation sites (tertiary alicyclic amines) is 1. The second kappa shape index (κ2) is 11.7. The van der Waals surface area contributed by atoms with E-state index in [-0.39, 0.29) is 29.9 Å². The SMILES string of the molecule is CCNC(=NCCCN1CCCC1=O)NCCNc1ncnc2c1cnn2C.I. The number of halogens is 1. The Morgan fingerprint density at radius 1 is 1.28 bits per heavy atom. The number of amides is 1. The van der Waals surface area contributed by atoms with Gasteiger partial charge in [0.1, 0.15) is 12.1 Å². The number of hydrogen-bond acceptors (Lipinski definition) is 6. The van der Waals surface area contributed by atoms with Gasteiger partial charge in [0.25, 0.3) is 0 Å². The van der Waals surface area contributed by atoms with Crippen LogP contribution in [0.5, 0.6) is 0 Å². The molecule has 10 nitrogen and oxygen atoms in total. The van der Waals surface area contributed by atoms with Crippen molar-refractivity contribution in [3.8, 4) is 0 Å². The van der Waals surface area contributed by atoms with Crippen molar-refractivity contribution in [1.29, 1.82) is 0 Å². The molecule has 0 unspecified atom stereocenters. The molecule has 0 bridgehead atoms. The van der Waals surface area contributed by atoms with E-state index in [0.717, 1.165) is 55.3 Å². The highest BCUT2D eigenvalue weighted by Gasteiger charge is 2.18. The Morgan fingerprint density at radius 3 is 2.90 bits per heavy atom. The van der Waals surface area contributed by atoms with E-state index in [9.17, 15) is 4.79 Å².